The van der Waals surface area contributed by atoms with Crippen LogP contribution in [-0.4, -0.2) is 5.97 Å². The largest absolute Gasteiger partial charge is 0.422 e. The molecule has 1 heterocycles. The first-order valence-electron chi connectivity index (χ1n) is 6.70. The molecule has 0 radical (unpaired) electrons. The molecule has 0 saturated heterocycles. The molecule has 108 valence electrons. The van der Waals surface area contributed by atoms with Gasteiger partial charge in [-0.2, -0.15) is 0 Å². The van der Waals surface area contributed by atoms with E-state index in [4.69, 9.17) is 9.15 Å². The highest BCUT2D eigenvalue weighted by Gasteiger charge is 2.08. The Labute approximate surface area is 126 Å². The highest BCUT2D eigenvalue weighted by atomic mass is 16.5. The van der Waals surface area contributed by atoms with Crippen molar-refractivity contribution < 1.29 is 13.9 Å². The second kappa shape index (κ2) is 6.10. The predicted octanol–water partition coefficient (Wildman–Crippen LogP) is 3.41. The predicted molar refractivity (Wildman–Crippen MR) is 83.6 cm³/mol. The van der Waals surface area contributed by atoms with Crippen molar-refractivity contribution in [2.24, 2.45) is 0 Å². The Balaban J connectivity index is 1.85. The number of para-hydroxylation sites is 1. The average Bonchev–Trinajstić information content (AvgIpc) is 2.54. The van der Waals surface area contributed by atoms with Gasteiger partial charge >= 0.3 is 11.6 Å². The maximum Gasteiger partial charge on any atom is 0.339 e. The van der Waals surface area contributed by atoms with E-state index >= 15 is 0 Å². The molecule has 0 N–H and O–H groups in total. The Kier molecular flexibility index (Phi) is 3.83. The Morgan fingerprint density at radius 3 is 2.55 bits per heavy atom. The van der Waals surface area contributed by atoms with Crippen LogP contribution in [-0.2, 0) is 4.79 Å². The summed E-state index contributed by atoms with van der Waals surface area (Å²) >= 11 is 0. The van der Waals surface area contributed by atoms with Gasteiger partial charge in [0, 0.05) is 6.08 Å². The van der Waals surface area contributed by atoms with Crippen LogP contribution >= 0.6 is 0 Å². The fourth-order valence-corrected chi connectivity index (χ4v) is 2.04. The Bertz CT molecular complexity index is 892. The highest BCUT2D eigenvalue weighted by Crippen LogP contribution is 2.23. The van der Waals surface area contributed by atoms with Crippen molar-refractivity contribution in [3.8, 4) is 5.75 Å². The number of carbonyl (C=O) groups is 1. The third kappa shape index (κ3) is 3.12. The smallest absolute Gasteiger partial charge is 0.339 e. The lowest BCUT2D eigenvalue weighted by Gasteiger charge is -2.04. The van der Waals surface area contributed by atoms with Crippen LogP contribution in [0.5, 0.6) is 5.75 Å². The highest BCUT2D eigenvalue weighted by molar-refractivity contribution is 5.92. The monoisotopic (exact) mass is 292 g/mol. The quantitative estimate of drug-likeness (QED) is 0.422. The van der Waals surface area contributed by atoms with E-state index < -0.39 is 11.6 Å². The van der Waals surface area contributed by atoms with Gasteiger partial charge in [0.15, 0.2) is 0 Å². The van der Waals surface area contributed by atoms with Crippen LogP contribution in [0.1, 0.15) is 5.56 Å². The molecule has 2 aromatic carbocycles. The summed E-state index contributed by atoms with van der Waals surface area (Å²) in [6.45, 7) is 0. The summed E-state index contributed by atoms with van der Waals surface area (Å²) in [5.41, 5.74) is 0.704. The summed E-state index contributed by atoms with van der Waals surface area (Å²) in [6.07, 6.45) is 2.97. The lowest BCUT2D eigenvalue weighted by molar-refractivity contribution is -0.128. The van der Waals surface area contributed by atoms with Crippen molar-refractivity contribution in [1.29, 1.82) is 0 Å². The molecule has 0 atom stereocenters. The summed E-state index contributed by atoms with van der Waals surface area (Å²) in [7, 11) is 0. The molecule has 4 nitrogen and oxygen atoms in total. The molecule has 0 fully saturated rings. The van der Waals surface area contributed by atoms with Crippen molar-refractivity contribution in [1.82, 2.24) is 0 Å². The standard InChI is InChI=1S/C18H12O4/c19-17(11-10-13-6-2-1-3-7-13)22-16-12-18(20)21-15-9-5-4-8-14(15)16/h1-12H/b11-10-. The molecule has 0 aliphatic carbocycles. The summed E-state index contributed by atoms with van der Waals surface area (Å²) in [4.78, 5) is 23.4. The molecule has 0 bridgehead atoms. The fourth-order valence-electron chi connectivity index (χ4n) is 2.04. The average molecular weight is 292 g/mol. The van der Waals surface area contributed by atoms with Gasteiger partial charge in [0.25, 0.3) is 0 Å². The van der Waals surface area contributed by atoms with Crippen LogP contribution in [0, 0.1) is 0 Å². The lowest BCUT2D eigenvalue weighted by Crippen LogP contribution is -2.07. The minimum absolute atomic E-state index is 0.189. The van der Waals surface area contributed by atoms with Crippen molar-refractivity contribution >= 4 is 23.0 Å². The van der Waals surface area contributed by atoms with Gasteiger partial charge in [-0.1, -0.05) is 42.5 Å². The molecule has 4 heteroatoms. The van der Waals surface area contributed by atoms with Crippen LogP contribution < -0.4 is 10.4 Å². The molecule has 0 saturated carbocycles. The number of fused-ring (bicyclic) bond motifs is 1. The second-order valence-corrected chi connectivity index (χ2v) is 4.59. The van der Waals surface area contributed by atoms with E-state index in [2.05, 4.69) is 0 Å². The molecule has 1 aromatic heterocycles. The molecule has 0 aliphatic heterocycles. The molecule has 3 aromatic rings. The Morgan fingerprint density at radius 2 is 1.73 bits per heavy atom. The van der Waals surface area contributed by atoms with Crippen LogP contribution in [0.25, 0.3) is 17.0 Å². The Morgan fingerprint density at radius 1 is 1.00 bits per heavy atom. The maximum absolute atomic E-state index is 11.9. The lowest BCUT2D eigenvalue weighted by atomic mass is 10.2. The first-order valence-corrected chi connectivity index (χ1v) is 6.70. The fraction of sp³-hybridized carbons (Fsp3) is 0. The maximum atomic E-state index is 11.9. The number of benzene rings is 2. The van der Waals surface area contributed by atoms with Crippen molar-refractivity contribution in [2.45, 2.75) is 0 Å². The van der Waals surface area contributed by atoms with Gasteiger partial charge < -0.3 is 9.15 Å². The minimum Gasteiger partial charge on any atom is -0.422 e. The first kappa shape index (κ1) is 13.8. The molecule has 0 amide bonds. The van der Waals surface area contributed by atoms with E-state index in [-0.39, 0.29) is 5.75 Å². The van der Waals surface area contributed by atoms with E-state index in [0.717, 1.165) is 11.6 Å². The topological polar surface area (TPSA) is 56.5 Å². The molecule has 0 spiro atoms. The minimum atomic E-state index is -0.562. The van der Waals surface area contributed by atoms with Gasteiger partial charge in [-0.05, 0) is 23.8 Å². The van der Waals surface area contributed by atoms with Crippen LogP contribution in [0.2, 0.25) is 0 Å². The van der Waals surface area contributed by atoms with E-state index in [1.807, 2.05) is 30.3 Å². The zero-order valence-corrected chi connectivity index (χ0v) is 11.6. The van der Waals surface area contributed by atoms with E-state index in [9.17, 15) is 9.59 Å². The molecule has 0 unspecified atom stereocenters. The summed E-state index contributed by atoms with van der Waals surface area (Å²) in [5, 5.41) is 0.573. The van der Waals surface area contributed by atoms with Gasteiger partial charge in [0.2, 0.25) is 0 Å². The molecular weight excluding hydrogens is 280 g/mol. The van der Waals surface area contributed by atoms with Crippen molar-refractivity contribution in [2.75, 3.05) is 0 Å². The summed E-state index contributed by atoms with van der Waals surface area (Å²) in [5.74, 6) is -0.367. The van der Waals surface area contributed by atoms with E-state index in [1.54, 1.807) is 30.3 Å². The summed E-state index contributed by atoms with van der Waals surface area (Å²) in [6, 6.07) is 17.4. The second-order valence-electron chi connectivity index (χ2n) is 4.59. The number of carbonyl (C=O) groups excluding carboxylic acids is 1. The molecule has 0 aliphatic rings. The van der Waals surface area contributed by atoms with Gasteiger partial charge in [0.05, 0.1) is 11.5 Å². The normalized spacial score (nSPS) is 10.9. The molecule has 3 rings (SSSR count). The van der Waals surface area contributed by atoms with E-state index in [0.29, 0.717) is 11.0 Å². The van der Waals surface area contributed by atoms with Crippen molar-refractivity contribution in [3.05, 3.63) is 82.7 Å². The number of hydrogen-bond donors (Lipinski definition) is 0. The Hall–Kier alpha value is -3.14. The zero-order chi connectivity index (χ0) is 15.4. The summed E-state index contributed by atoms with van der Waals surface area (Å²) < 4.78 is 10.3. The van der Waals surface area contributed by atoms with Crippen molar-refractivity contribution in [3.63, 3.8) is 0 Å². The number of esters is 1. The van der Waals surface area contributed by atoms with Gasteiger partial charge in [-0.15, -0.1) is 0 Å². The third-order valence-electron chi connectivity index (χ3n) is 3.03. The van der Waals surface area contributed by atoms with Gasteiger partial charge in [-0.3, -0.25) is 0 Å². The van der Waals surface area contributed by atoms with Crippen LogP contribution in [0.15, 0.2) is 76.0 Å². The zero-order valence-electron chi connectivity index (χ0n) is 11.6. The first-order chi connectivity index (χ1) is 10.7. The number of ether oxygens (including phenoxy) is 1. The van der Waals surface area contributed by atoms with Crippen LogP contribution in [0.4, 0.5) is 0 Å². The van der Waals surface area contributed by atoms with Gasteiger partial charge in [0.1, 0.15) is 11.3 Å². The van der Waals surface area contributed by atoms with E-state index in [1.165, 1.54) is 6.08 Å². The third-order valence-corrected chi connectivity index (χ3v) is 3.03. The molecular formula is C18H12O4. The molecule has 22 heavy (non-hydrogen) atoms. The number of rotatable bonds is 3. The van der Waals surface area contributed by atoms with Gasteiger partial charge in [-0.25, -0.2) is 9.59 Å². The van der Waals surface area contributed by atoms with Crippen LogP contribution in [0.3, 0.4) is 0 Å². The SMILES string of the molecule is O=C(/C=C\c1ccccc1)Oc1cc(=O)oc2ccccc12. The number of hydrogen-bond acceptors (Lipinski definition) is 4.